The normalized spacial score (nSPS) is 27.1. The van der Waals surface area contributed by atoms with Gasteiger partial charge in [-0.25, -0.2) is 0 Å². The van der Waals surface area contributed by atoms with Crippen LogP contribution in [0.15, 0.2) is 12.2 Å². The molecule has 0 aromatic rings. The van der Waals surface area contributed by atoms with Crippen LogP contribution in [0.5, 0.6) is 0 Å². The van der Waals surface area contributed by atoms with Crippen LogP contribution in [-0.4, -0.2) is 0 Å². The maximum Gasteiger partial charge on any atom is -0.0322 e. The molecule has 1 fully saturated rings. The molecule has 0 atom stereocenters. The zero-order chi connectivity index (χ0) is 10.8. The summed E-state index contributed by atoms with van der Waals surface area (Å²) in [5.74, 6) is 2.05. The monoisotopic (exact) mass is 196 g/mol. The molecule has 0 radical (unpaired) electrons. The van der Waals surface area contributed by atoms with Crippen molar-refractivity contribution in [3.8, 4) is 0 Å². The van der Waals surface area contributed by atoms with Crippen molar-refractivity contribution < 1.29 is 0 Å². The summed E-state index contributed by atoms with van der Waals surface area (Å²) >= 11 is 0. The first-order valence-electron chi connectivity index (χ1n) is 6.48. The smallest absolute Gasteiger partial charge is 0.0322 e. The van der Waals surface area contributed by atoms with Gasteiger partial charge >= 0.3 is 0 Å². The maximum absolute atomic E-state index is 2.33. The molecule has 14 heavy (non-hydrogen) atoms. The average molecular weight is 196 g/mol. The van der Waals surface area contributed by atoms with Gasteiger partial charge in [0.25, 0.3) is 0 Å². The third-order valence-electron chi connectivity index (χ3n) is 3.25. The first-order valence-corrected chi connectivity index (χ1v) is 6.48. The van der Waals surface area contributed by atoms with Crippen molar-refractivity contribution in [2.75, 3.05) is 0 Å². The van der Waals surface area contributed by atoms with Gasteiger partial charge in [-0.15, -0.1) is 0 Å². The Morgan fingerprint density at radius 2 is 1.50 bits per heavy atom. The van der Waals surface area contributed by atoms with Crippen LogP contribution in [0, 0.1) is 11.8 Å². The molecule has 0 spiro atoms. The Morgan fingerprint density at radius 3 is 1.93 bits per heavy atom. The van der Waals surface area contributed by atoms with Crippen LogP contribution < -0.4 is 0 Å². The van der Waals surface area contributed by atoms with Crippen molar-refractivity contribution in [1.29, 1.82) is 0 Å². The van der Waals surface area contributed by atoms with Crippen molar-refractivity contribution in [1.82, 2.24) is 0 Å². The Bertz CT molecular complexity index is 127. The van der Waals surface area contributed by atoms with E-state index in [1.807, 2.05) is 13.8 Å². The summed E-state index contributed by atoms with van der Waals surface area (Å²) in [6.45, 7) is 8.45. The van der Waals surface area contributed by atoms with E-state index in [-0.39, 0.29) is 0 Å². The van der Waals surface area contributed by atoms with Gasteiger partial charge in [0, 0.05) is 0 Å². The van der Waals surface area contributed by atoms with Crippen LogP contribution in [0.25, 0.3) is 0 Å². The van der Waals surface area contributed by atoms with Crippen LogP contribution in [0.1, 0.15) is 66.2 Å². The highest BCUT2D eigenvalue weighted by atomic mass is 14.2. The minimum absolute atomic E-state index is 1.00. The molecule has 0 saturated heterocycles. The second kappa shape index (κ2) is 9.30. The molecule has 1 aliphatic rings. The molecule has 0 aliphatic heterocycles. The van der Waals surface area contributed by atoms with Gasteiger partial charge in [0.15, 0.2) is 0 Å². The Morgan fingerprint density at radius 1 is 1.00 bits per heavy atom. The van der Waals surface area contributed by atoms with Crippen molar-refractivity contribution in [2.24, 2.45) is 11.8 Å². The molecule has 0 nitrogen and oxygen atoms in total. The van der Waals surface area contributed by atoms with E-state index in [1.165, 1.54) is 38.5 Å². The zero-order valence-corrected chi connectivity index (χ0v) is 10.6. The fourth-order valence-electron chi connectivity index (χ4n) is 2.20. The van der Waals surface area contributed by atoms with Gasteiger partial charge in [0.2, 0.25) is 0 Å². The predicted octanol–water partition coefficient (Wildman–Crippen LogP) is 5.20. The van der Waals surface area contributed by atoms with Crippen LogP contribution >= 0.6 is 0 Å². The number of rotatable bonds is 3. The third kappa shape index (κ3) is 5.47. The second-order valence-electron chi connectivity index (χ2n) is 4.10. The van der Waals surface area contributed by atoms with E-state index in [1.54, 1.807) is 0 Å². The SMILES string of the molecule is C/C=C\CC1CCC(CC)CC1.CC. The first kappa shape index (κ1) is 13.7. The predicted molar refractivity (Wildman–Crippen MR) is 66.5 cm³/mol. The standard InChI is InChI=1S/C12H22.C2H6/c1-3-5-6-12-9-7-11(4-2)8-10-12;1-2/h3,5,11-12H,4,6-10H2,1-2H3;1-2H3/b5-3-;. The molecular weight excluding hydrogens is 168 g/mol. The van der Waals surface area contributed by atoms with Gasteiger partial charge < -0.3 is 0 Å². The van der Waals surface area contributed by atoms with Crippen molar-refractivity contribution in [3.05, 3.63) is 12.2 Å². The van der Waals surface area contributed by atoms with E-state index < -0.39 is 0 Å². The molecule has 1 rings (SSSR count). The lowest BCUT2D eigenvalue weighted by Crippen LogP contribution is -2.13. The van der Waals surface area contributed by atoms with Gasteiger partial charge in [-0.3, -0.25) is 0 Å². The van der Waals surface area contributed by atoms with E-state index in [9.17, 15) is 0 Å². The number of hydrogen-bond acceptors (Lipinski definition) is 0. The van der Waals surface area contributed by atoms with Crippen LogP contribution in [0.3, 0.4) is 0 Å². The molecule has 1 saturated carbocycles. The largest absolute Gasteiger partial charge is 0.0917 e. The van der Waals surface area contributed by atoms with Gasteiger partial charge in [-0.05, 0) is 38.0 Å². The minimum atomic E-state index is 1.00. The molecule has 1 aliphatic carbocycles. The summed E-state index contributed by atoms with van der Waals surface area (Å²) in [5, 5.41) is 0. The van der Waals surface area contributed by atoms with Crippen LogP contribution in [0.2, 0.25) is 0 Å². The van der Waals surface area contributed by atoms with Gasteiger partial charge in [0.1, 0.15) is 0 Å². The molecule has 0 bridgehead atoms. The maximum atomic E-state index is 2.33. The zero-order valence-electron chi connectivity index (χ0n) is 10.6. The van der Waals surface area contributed by atoms with Gasteiger partial charge in [0.05, 0.1) is 0 Å². The Hall–Kier alpha value is -0.260. The molecule has 0 amide bonds. The summed E-state index contributed by atoms with van der Waals surface area (Å²) in [5.41, 5.74) is 0. The summed E-state index contributed by atoms with van der Waals surface area (Å²) in [7, 11) is 0. The fourth-order valence-corrected chi connectivity index (χ4v) is 2.20. The van der Waals surface area contributed by atoms with Crippen molar-refractivity contribution in [2.45, 2.75) is 66.2 Å². The molecule has 0 unspecified atom stereocenters. The Labute approximate surface area is 90.8 Å². The lowest BCUT2D eigenvalue weighted by atomic mass is 9.79. The highest BCUT2D eigenvalue weighted by molar-refractivity contribution is 4.82. The molecule has 0 aromatic carbocycles. The molecule has 0 heteroatoms. The van der Waals surface area contributed by atoms with Gasteiger partial charge in [-0.2, -0.15) is 0 Å². The van der Waals surface area contributed by atoms with E-state index >= 15 is 0 Å². The topological polar surface area (TPSA) is 0 Å². The highest BCUT2D eigenvalue weighted by Crippen LogP contribution is 2.32. The van der Waals surface area contributed by atoms with Crippen LogP contribution in [0.4, 0.5) is 0 Å². The minimum Gasteiger partial charge on any atom is -0.0917 e. The lowest BCUT2D eigenvalue weighted by Gasteiger charge is -2.26. The highest BCUT2D eigenvalue weighted by Gasteiger charge is 2.18. The molecular formula is C14H28. The molecule has 0 N–H and O–H groups in total. The van der Waals surface area contributed by atoms with E-state index in [4.69, 9.17) is 0 Å². The number of hydrogen-bond donors (Lipinski definition) is 0. The molecule has 0 heterocycles. The van der Waals surface area contributed by atoms with Crippen molar-refractivity contribution >= 4 is 0 Å². The summed E-state index contributed by atoms with van der Waals surface area (Å²) in [6, 6.07) is 0. The summed E-state index contributed by atoms with van der Waals surface area (Å²) in [6.07, 6.45) is 13.2. The quantitative estimate of drug-likeness (QED) is 0.545. The average Bonchev–Trinajstić information content (AvgIpc) is 2.30. The Balaban J connectivity index is 0.000000791. The summed E-state index contributed by atoms with van der Waals surface area (Å²) < 4.78 is 0. The third-order valence-corrected chi connectivity index (χ3v) is 3.25. The first-order chi connectivity index (χ1) is 6.86. The van der Waals surface area contributed by atoms with Crippen LogP contribution in [-0.2, 0) is 0 Å². The van der Waals surface area contributed by atoms with Crippen molar-refractivity contribution in [3.63, 3.8) is 0 Å². The summed E-state index contributed by atoms with van der Waals surface area (Å²) in [4.78, 5) is 0. The number of allylic oxidation sites excluding steroid dienone is 2. The Kier molecular flexibility index (Phi) is 9.13. The molecule has 0 aromatic heterocycles. The fraction of sp³-hybridized carbons (Fsp3) is 0.857. The lowest BCUT2D eigenvalue weighted by molar-refractivity contribution is 0.271. The van der Waals surface area contributed by atoms with Gasteiger partial charge in [-0.1, -0.05) is 52.2 Å². The molecule has 84 valence electrons. The van der Waals surface area contributed by atoms with E-state index in [0.717, 1.165) is 11.8 Å². The van der Waals surface area contributed by atoms with E-state index in [0.29, 0.717) is 0 Å². The van der Waals surface area contributed by atoms with E-state index in [2.05, 4.69) is 26.0 Å². The second-order valence-corrected chi connectivity index (χ2v) is 4.10.